The van der Waals surface area contributed by atoms with E-state index in [1.807, 2.05) is 30.6 Å². The van der Waals surface area contributed by atoms with Gasteiger partial charge < -0.3 is 4.98 Å². The number of imidazole rings is 1. The lowest BCUT2D eigenvalue weighted by atomic mass is 9.97. The number of hydrogen-bond donors (Lipinski definition) is 1. The predicted molar refractivity (Wildman–Crippen MR) is 103 cm³/mol. The monoisotopic (exact) mass is 392 g/mol. The molecule has 0 bridgehead atoms. The minimum Gasteiger partial charge on any atom is -0.348 e. The molecule has 0 aliphatic carbocycles. The number of nitrogens with zero attached hydrogens (tertiary/aromatic N) is 3. The molecule has 3 heterocycles. The van der Waals surface area contributed by atoms with Gasteiger partial charge in [-0.15, -0.1) is 11.3 Å². The van der Waals surface area contributed by atoms with Crippen LogP contribution in [-0.2, 0) is 6.54 Å². The Morgan fingerprint density at radius 1 is 1.20 bits per heavy atom. The summed E-state index contributed by atoms with van der Waals surface area (Å²) in [4.78, 5) is 14.8. The molecule has 2 aromatic heterocycles. The molecule has 1 N–H and O–H groups in total. The second-order valence-corrected chi connectivity index (χ2v) is 7.99. The molecule has 25 heavy (non-hydrogen) atoms. The van der Waals surface area contributed by atoms with E-state index in [0.717, 1.165) is 49.6 Å². The van der Waals surface area contributed by atoms with E-state index in [-0.39, 0.29) is 0 Å². The number of likely N-dealkylation sites (tertiary alicyclic amines) is 1. The van der Waals surface area contributed by atoms with Gasteiger partial charge in [-0.05, 0) is 38.1 Å². The van der Waals surface area contributed by atoms with Gasteiger partial charge in [0.2, 0.25) is 0 Å². The Kier molecular flexibility index (Phi) is 5.08. The Morgan fingerprint density at radius 3 is 2.76 bits per heavy atom. The average Bonchev–Trinajstić information content (AvgIpc) is 3.30. The molecule has 0 unspecified atom stereocenters. The van der Waals surface area contributed by atoms with Gasteiger partial charge in [-0.25, -0.2) is 9.97 Å². The molecule has 7 heteroatoms. The number of aromatic amines is 1. The minimum absolute atomic E-state index is 0.536. The Morgan fingerprint density at radius 2 is 2.04 bits per heavy atom. The number of aromatic nitrogens is 3. The smallest absolute Gasteiger partial charge is 0.120 e. The van der Waals surface area contributed by atoms with Crippen LogP contribution in [0, 0.1) is 0 Å². The highest BCUT2D eigenvalue weighted by Crippen LogP contribution is 2.34. The van der Waals surface area contributed by atoms with Gasteiger partial charge in [0, 0.05) is 29.3 Å². The van der Waals surface area contributed by atoms with Crippen LogP contribution in [0.15, 0.2) is 36.0 Å². The molecule has 0 spiro atoms. The van der Waals surface area contributed by atoms with Gasteiger partial charge in [0.1, 0.15) is 5.82 Å². The fraction of sp³-hybridized carbons (Fsp3) is 0.333. The summed E-state index contributed by atoms with van der Waals surface area (Å²) < 4.78 is 0. The number of thiazole rings is 1. The number of piperidine rings is 1. The fourth-order valence-electron chi connectivity index (χ4n) is 3.20. The molecular formula is C18H18Cl2N4S. The van der Waals surface area contributed by atoms with Crippen LogP contribution in [0.25, 0.3) is 11.3 Å². The normalized spacial score (nSPS) is 16.4. The molecule has 130 valence electrons. The van der Waals surface area contributed by atoms with Crippen molar-refractivity contribution in [2.75, 3.05) is 13.1 Å². The van der Waals surface area contributed by atoms with E-state index in [1.54, 1.807) is 11.3 Å². The van der Waals surface area contributed by atoms with Crippen molar-refractivity contribution >= 4 is 34.5 Å². The Balaban J connectivity index is 1.40. The molecular weight excluding hydrogens is 375 g/mol. The highest BCUT2D eigenvalue weighted by molar-refractivity contribution is 7.10. The quantitative estimate of drug-likeness (QED) is 0.661. The molecule has 1 saturated heterocycles. The summed E-state index contributed by atoms with van der Waals surface area (Å²) in [6.45, 7) is 3.05. The summed E-state index contributed by atoms with van der Waals surface area (Å²) in [5.41, 5.74) is 2.00. The van der Waals surface area contributed by atoms with Crippen LogP contribution in [-0.4, -0.2) is 32.9 Å². The van der Waals surface area contributed by atoms with Crippen LogP contribution >= 0.6 is 34.5 Å². The summed E-state index contributed by atoms with van der Waals surface area (Å²) >= 11 is 13.9. The van der Waals surface area contributed by atoms with E-state index in [4.69, 9.17) is 28.2 Å². The molecule has 0 radical (unpaired) electrons. The van der Waals surface area contributed by atoms with E-state index < -0.39 is 0 Å². The van der Waals surface area contributed by atoms with Crippen LogP contribution in [0.3, 0.4) is 0 Å². The first-order valence-corrected chi connectivity index (χ1v) is 9.94. The lowest BCUT2D eigenvalue weighted by molar-refractivity contribution is 0.200. The zero-order valence-electron chi connectivity index (χ0n) is 13.6. The highest BCUT2D eigenvalue weighted by Gasteiger charge is 2.23. The van der Waals surface area contributed by atoms with Crippen molar-refractivity contribution in [2.24, 2.45) is 0 Å². The first kappa shape index (κ1) is 17.0. The van der Waals surface area contributed by atoms with Crippen LogP contribution in [0.5, 0.6) is 0 Å². The van der Waals surface area contributed by atoms with E-state index in [1.165, 1.54) is 5.01 Å². The summed E-state index contributed by atoms with van der Waals surface area (Å²) in [5.74, 6) is 1.57. The van der Waals surface area contributed by atoms with Gasteiger partial charge in [-0.2, -0.15) is 0 Å². The number of hydrogen-bond acceptors (Lipinski definition) is 4. The third-order valence-corrected chi connectivity index (χ3v) is 6.35. The second-order valence-electron chi connectivity index (χ2n) is 6.29. The molecule has 0 atom stereocenters. The first-order valence-electron chi connectivity index (χ1n) is 8.30. The van der Waals surface area contributed by atoms with E-state index in [9.17, 15) is 0 Å². The van der Waals surface area contributed by atoms with Crippen molar-refractivity contribution in [2.45, 2.75) is 25.3 Å². The van der Waals surface area contributed by atoms with Crippen molar-refractivity contribution in [3.63, 3.8) is 0 Å². The number of benzene rings is 1. The SMILES string of the molecule is Clc1ccc(-c2csc(C3CCN(Cc4ncc[nH]4)CC3)n2)cc1Cl. The molecule has 3 aromatic rings. The maximum absolute atomic E-state index is 6.12. The Bertz CT molecular complexity index is 839. The van der Waals surface area contributed by atoms with Gasteiger partial charge in [0.15, 0.2) is 0 Å². The molecule has 1 aromatic carbocycles. The van der Waals surface area contributed by atoms with Crippen molar-refractivity contribution in [1.29, 1.82) is 0 Å². The molecule has 1 fully saturated rings. The number of nitrogens with one attached hydrogen (secondary N) is 1. The number of rotatable bonds is 4. The van der Waals surface area contributed by atoms with Gasteiger partial charge >= 0.3 is 0 Å². The minimum atomic E-state index is 0.536. The van der Waals surface area contributed by atoms with Crippen molar-refractivity contribution in [3.05, 3.63) is 56.9 Å². The van der Waals surface area contributed by atoms with Crippen LogP contribution < -0.4 is 0 Å². The highest BCUT2D eigenvalue weighted by atomic mass is 35.5. The second kappa shape index (κ2) is 7.46. The van der Waals surface area contributed by atoms with Gasteiger partial charge in [-0.3, -0.25) is 4.90 Å². The molecule has 0 saturated carbocycles. The zero-order chi connectivity index (χ0) is 17.2. The summed E-state index contributed by atoms with van der Waals surface area (Å²) in [5, 5.41) is 4.48. The van der Waals surface area contributed by atoms with E-state index in [2.05, 4.69) is 20.2 Å². The molecule has 1 aliphatic heterocycles. The standard InChI is InChI=1S/C18H18Cl2N4S/c19-14-2-1-13(9-15(14)20)16-11-25-18(23-16)12-3-7-24(8-4-12)10-17-21-5-6-22-17/h1-2,5-6,9,11-12H,3-4,7-8,10H2,(H,21,22). The van der Waals surface area contributed by atoms with Crippen molar-refractivity contribution < 1.29 is 0 Å². The largest absolute Gasteiger partial charge is 0.348 e. The first-order chi connectivity index (χ1) is 12.2. The summed E-state index contributed by atoms with van der Waals surface area (Å²) in [6.07, 6.45) is 5.95. The average molecular weight is 393 g/mol. The van der Waals surface area contributed by atoms with E-state index in [0.29, 0.717) is 16.0 Å². The van der Waals surface area contributed by atoms with Crippen molar-refractivity contribution in [1.82, 2.24) is 19.9 Å². The van der Waals surface area contributed by atoms with Gasteiger partial charge in [0.05, 0.1) is 27.3 Å². The summed E-state index contributed by atoms with van der Waals surface area (Å²) in [7, 11) is 0. The lowest BCUT2D eigenvalue weighted by Crippen LogP contribution is -2.32. The summed E-state index contributed by atoms with van der Waals surface area (Å²) in [6, 6.07) is 5.68. The topological polar surface area (TPSA) is 44.8 Å². The van der Waals surface area contributed by atoms with Crippen LogP contribution in [0.1, 0.15) is 29.6 Å². The lowest BCUT2D eigenvalue weighted by Gasteiger charge is -2.30. The predicted octanol–water partition coefficient (Wildman–Crippen LogP) is 5.22. The number of H-pyrrole nitrogens is 1. The maximum Gasteiger partial charge on any atom is 0.120 e. The van der Waals surface area contributed by atoms with E-state index >= 15 is 0 Å². The van der Waals surface area contributed by atoms with Crippen LogP contribution in [0.4, 0.5) is 0 Å². The Hall–Kier alpha value is -1.40. The fourth-order valence-corrected chi connectivity index (χ4v) is 4.50. The zero-order valence-corrected chi connectivity index (χ0v) is 15.9. The number of halogens is 2. The maximum atomic E-state index is 6.12. The molecule has 1 aliphatic rings. The van der Waals surface area contributed by atoms with Crippen LogP contribution in [0.2, 0.25) is 10.0 Å². The molecule has 4 nitrogen and oxygen atoms in total. The van der Waals surface area contributed by atoms with Gasteiger partial charge in [-0.1, -0.05) is 29.3 Å². The van der Waals surface area contributed by atoms with Gasteiger partial charge in [0.25, 0.3) is 0 Å². The van der Waals surface area contributed by atoms with Crippen molar-refractivity contribution in [3.8, 4) is 11.3 Å². The molecule has 4 rings (SSSR count). The molecule has 0 amide bonds. The third-order valence-electron chi connectivity index (χ3n) is 4.60. The Labute approximate surface area is 160 Å². The third kappa shape index (κ3) is 3.90.